The summed E-state index contributed by atoms with van der Waals surface area (Å²) in [5, 5.41) is 13.2. The molecule has 0 unspecified atom stereocenters. The smallest absolute Gasteiger partial charge is 0.325 e. The van der Waals surface area contributed by atoms with Crippen molar-refractivity contribution in [3.63, 3.8) is 0 Å². The molecule has 9 heteroatoms. The van der Waals surface area contributed by atoms with Crippen molar-refractivity contribution < 1.29 is 18.8 Å². The van der Waals surface area contributed by atoms with E-state index in [1.165, 1.54) is 18.2 Å². The molecule has 1 saturated carbocycles. The molecule has 1 heterocycles. The van der Waals surface area contributed by atoms with Crippen LogP contribution in [-0.4, -0.2) is 33.5 Å². The van der Waals surface area contributed by atoms with Crippen molar-refractivity contribution in [3.05, 3.63) is 52.4 Å². The minimum atomic E-state index is -1.03. The summed E-state index contributed by atoms with van der Waals surface area (Å²) in [4.78, 5) is 19.2. The predicted octanol–water partition coefficient (Wildman–Crippen LogP) is 5.48. The second-order valence-corrected chi connectivity index (χ2v) is 7.43. The van der Waals surface area contributed by atoms with Gasteiger partial charge in [-0.2, -0.15) is 4.98 Å². The van der Waals surface area contributed by atoms with Gasteiger partial charge in [-0.3, -0.25) is 9.79 Å². The van der Waals surface area contributed by atoms with Crippen LogP contribution in [0.2, 0.25) is 5.02 Å². The van der Waals surface area contributed by atoms with Gasteiger partial charge in [0, 0.05) is 10.7 Å². The maximum atomic E-state index is 13.4. The van der Waals surface area contributed by atoms with Crippen LogP contribution in [0.15, 0.2) is 33.8 Å². The Morgan fingerprint density at radius 2 is 1.97 bits per heavy atom. The van der Waals surface area contributed by atoms with Gasteiger partial charge in [0.2, 0.25) is 0 Å². The fraction of sp³-hybridized carbons (Fsp3) is 0.478. The van der Waals surface area contributed by atoms with Gasteiger partial charge in [-0.15, -0.1) is 0 Å². The van der Waals surface area contributed by atoms with E-state index in [0.29, 0.717) is 16.6 Å². The summed E-state index contributed by atoms with van der Waals surface area (Å²) in [5.41, 5.74) is 7.01. The molecule has 0 radical (unpaired) electrons. The number of benzene rings is 1. The molecule has 0 bridgehead atoms. The first kappa shape index (κ1) is 27.3. The van der Waals surface area contributed by atoms with E-state index in [1.54, 1.807) is 6.07 Å². The number of rotatable bonds is 7. The summed E-state index contributed by atoms with van der Waals surface area (Å²) in [6, 6.07) is 4.25. The lowest BCUT2D eigenvalue weighted by atomic mass is 9.95. The number of nitrogens with two attached hydrogens (primary N) is 1. The van der Waals surface area contributed by atoms with Gasteiger partial charge in [-0.1, -0.05) is 64.4 Å². The Morgan fingerprint density at radius 1 is 1.34 bits per heavy atom. The molecule has 2 aromatic rings. The number of hydrogen-bond acceptors (Lipinski definition) is 6. The average molecular weight is 467 g/mol. The second-order valence-electron chi connectivity index (χ2n) is 7.02. The van der Waals surface area contributed by atoms with Crippen LogP contribution < -0.4 is 5.73 Å². The van der Waals surface area contributed by atoms with E-state index < -0.39 is 17.2 Å². The van der Waals surface area contributed by atoms with E-state index in [1.807, 2.05) is 41.5 Å². The molecule has 1 aliphatic carbocycles. The van der Waals surface area contributed by atoms with Crippen molar-refractivity contribution in [2.75, 3.05) is 6.54 Å². The highest BCUT2D eigenvalue weighted by atomic mass is 35.5. The quantitative estimate of drug-likeness (QED) is 0.522. The molecule has 1 aromatic carbocycles. The van der Waals surface area contributed by atoms with Crippen LogP contribution in [-0.2, 0) is 10.2 Å². The van der Waals surface area contributed by atoms with Crippen LogP contribution in [0.1, 0.15) is 71.7 Å². The fourth-order valence-electron chi connectivity index (χ4n) is 2.93. The van der Waals surface area contributed by atoms with Crippen LogP contribution in [0.25, 0.3) is 5.70 Å². The highest BCUT2D eigenvalue weighted by Crippen LogP contribution is 2.54. The minimum Gasteiger partial charge on any atom is -0.480 e. The lowest BCUT2D eigenvalue weighted by Gasteiger charge is -2.12. The molecule has 7 nitrogen and oxygen atoms in total. The molecule has 1 fully saturated rings. The molecule has 0 saturated heterocycles. The number of aromatic nitrogens is 2. The molecule has 3 N–H and O–H groups in total. The fourth-order valence-corrected chi connectivity index (χ4v) is 3.27. The van der Waals surface area contributed by atoms with Gasteiger partial charge in [0.15, 0.2) is 5.82 Å². The Kier molecular flexibility index (Phi) is 10.5. The molecule has 0 spiro atoms. The summed E-state index contributed by atoms with van der Waals surface area (Å²) in [6.45, 7) is 11.4. The number of carbonyl (C=O) groups is 1. The number of hydrogen-bond donors (Lipinski definition) is 2. The number of nitrogens with zero attached hydrogens (tertiary/aromatic N) is 3. The topological polar surface area (TPSA) is 115 Å². The van der Waals surface area contributed by atoms with Gasteiger partial charge >= 0.3 is 5.97 Å². The molecular formula is C23H32ClFN4O3. The van der Waals surface area contributed by atoms with Crippen molar-refractivity contribution >= 4 is 29.0 Å². The molecule has 0 amide bonds. The first-order valence-corrected chi connectivity index (χ1v) is 11.1. The normalized spacial score (nSPS) is 14.8. The molecule has 0 atom stereocenters. The van der Waals surface area contributed by atoms with Crippen molar-refractivity contribution in [2.24, 2.45) is 16.6 Å². The third kappa shape index (κ3) is 6.63. The molecule has 0 aliphatic heterocycles. The summed E-state index contributed by atoms with van der Waals surface area (Å²) < 4.78 is 18.7. The van der Waals surface area contributed by atoms with E-state index >= 15 is 0 Å². The molecule has 32 heavy (non-hydrogen) atoms. The standard InChI is InChI=1S/C19H20ClFN4O3.2C2H6/c1-10(2)15(23-9-16(26)27)8-14(22)17-24-18(25-28-17)19(5-6-19)12-4-3-11(21)7-13(12)20;2*1-2/h3-4,7-8,10H,5-6,9,22H2,1-2H3,(H,26,27);2*1-2H3/b14-8-,23-15?;;. The van der Waals surface area contributed by atoms with E-state index in [-0.39, 0.29) is 24.1 Å². The number of aliphatic carboxylic acids is 1. The van der Waals surface area contributed by atoms with Gasteiger partial charge in [-0.25, -0.2) is 4.39 Å². The van der Waals surface area contributed by atoms with Gasteiger partial charge in [-0.05, 0) is 42.5 Å². The largest absolute Gasteiger partial charge is 0.480 e. The van der Waals surface area contributed by atoms with Crippen LogP contribution in [0.3, 0.4) is 0 Å². The highest BCUT2D eigenvalue weighted by molar-refractivity contribution is 6.31. The van der Waals surface area contributed by atoms with Crippen molar-refractivity contribution in [2.45, 2.75) is 59.8 Å². The lowest BCUT2D eigenvalue weighted by Crippen LogP contribution is -2.13. The van der Waals surface area contributed by atoms with Crippen molar-refractivity contribution in [1.29, 1.82) is 0 Å². The maximum absolute atomic E-state index is 13.4. The lowest BCUT2D eigenvalue weighted by molar-refractivity contribution is -0.135. The van der Waals surface area contributed by atoms with Gasteiger partial charge in [0.05, 0.1) is 11.1 Å². The Morgan fingerprint density at radius 3 is 2.47 bits per heavy atom. The van der Waals surface area contributed by atoms with Crippen LogP contribution in [0.4, 0.5) is 4.39 Å². The molecule has 3 rings (SSSR count). The number of halogens is 2. The Balaban J connectivity index is 0.00000121. The molecule has 1 aromatic heterocycles. The van der Waals surface area contributed by atoms with Crippen LogP contribution in [0, 0.1) is 11.7 Å². The third-order valence-electron chi connectivity index (χ3n) is 4.59. The van der Waals surface area contributed by atoms with E-state index in [9.17, 15) is 9.18 Å². The summed E-state index contributed by atoms with van der Waals surface area (Å²) in [7, 11) is 0. The van der Waals surface area contributed by atoms with E-state index in [4.69, 9.17) is 27.0 Å². The number of carboxylic acids is 1. The molecule has 1 aliphatic rings. The maximum Gasteiger partial charge on any atom is 0.325 e. The number of carboxylic acid groups (broad SMARTS) is 1. The minimum absolute atomic E-state index is 0.0342. The van der Waals surface area contributed by atoms with Gasteiger partial charge in [0.25, 0.3) is 5.89 Å². The zero-order valence-corrected chi connectivity index (χ0v) is 20.2. The predicted molar refractivity (Wildman–Crippen MR) is 125 cm³/mol. The first-order chi connectivity index (χ1) is 15.2. The Labute approximate surface area is 193 Å². The van der Waals surface area contributed by atoms with Gasteiger partial charge in [0.1, 0.15) is 12.4 Å². The van der Waals surface area contributed by atoms with Crippen LogP contribution in [0.5, 0.6) is 0 Å². The van der Waals surface area contributed by atoms with Gasteiger partial charge < -0.3 is 15.4 Å². The second kappa shape index (κ2) is 12.3. The zero-order valence-electron chi connectivity index (χ0n) is 19.4. The van der Waals surface area contributed by atoms with Crippen LogP contribution >= 0.6 is 11.6 Å². The zero-order chi connectivity index (χ0) is 24.5. The van der Waals surface area contributed by atoms with E-state index in [0.717, 1.165) is 18.4 Å². The highest BCUT2D eigenvalue weighted by Gasteiger charge is 2.51. The number of allylic oxidation sites excluding steroid dienone is 1. The number of aliphatic imine (C=N–C) groups is 1. The summed E-state index contributed by atoms with van der Waals surface area (Å²) in [6.07, 6.45) is 3.06. The summed E-state index contributed by atoms with van der Waals surface area (Å²) in [5.74, 6) is -0.929. The van der Waals surface area contributed by atoms with E-state index in [2.05, 4.69) is 15.1 Å². The first-order valence-electron chi connectivity index (χ1n) is 10.8. The SMILES string of the molecule is CC.CC.CC(C)C(/C=C(\N)c1nc(C2(c3ccc(F)cc3Cl)CC2)no1)=NCC(=O)O. The monoisotopic (exact) mass is 466 g/mol. The third-order valence-corrected chi connectivity index (χ3v) is 4.90. The summed E-state index contributed by atoms with van der Waals surface area (Å²) >= 11 is 6.21. The molecule has 176 valence electrons. The Hall–Kier alpha value is -2.74. The van der Waals surface area contributed by atoms with Crippen molar-refractivity contribution in [3.8, 4) is 0 Å². The molecular weight excluding hydrogens is 435 g/mol. The Bertz CT molecular complexity index is 966. The van der Waals surface area contributed by atoms with Crippen molar-refractivity contribution in [1.82, 2.24) is 10.1 Å². The average Bonchev–Trinajstić information content (AvgIpc) is 3.40.